The number of Topliss-reactive ketones (excluding diaryl/α,β-unsaturated/α-hetero) is 1. The van der Waals surface area contributed by atoms with Gasteiger partial charge in [0.25, 0.3) is 0 Å². The number of ether oxygens (including phenoxy) is 1. The maximum Gasteiger partial charge on any atom is 0.407 e. The van der Waals surface area contributed by atoms with Gasteiger partial charge in [-0.3, -0.25) is 4.79 Å². The monoisotopic (exact) mass is 371 g/mol. The van der Waals surface area contributed by atoms with Gasteiger partial charge in [-0.05, 0) is 71.7 Å². The predicted octanol–water partition coefficient (Wildman–Crippen LogP) is 4.37. The number of pyridine rings is 1. The van der Waals surface area contributed by atoms with Crippen LogP contribution in [0.15, 0.2) is 30.5 Å². The zero-order valence-electron chi connectivity index (χ0n) is 16.8. The maximum atomic E-state index is 12.3. The van der Waals surface area contributed by atoms with E-state index in [4.69, 9.17) is 4.74 Å². The summed E-state index contributed by atoms with van der Waals surface area (Å²) in [6.07, 6.45) is 3.06. The number of rotatable bonds is 7. The summed E-state index contributed by atoms with van der Waals surface area (Å²) in [6, 6.07) is 7.78. The number of ketones is 1. The van der Waals surface area contributed by atoms with E-state index in [1.807, 2.05) is 58.9 Å². The Bertz CT molecular complexity index is 766. The molecule has 0 saturated carbocycles. The Labute approximate surface area is 160 Å². The molecule has 2 heterocycles. The number of unbranched alkanes of at least 4 members (excludes halogenated alkanes) is 1. The number of nitrogens with zero attached hydrogens (tertiary/aromatic N) is 2. The third-order valence-corrected chi connectivity index (χ3v) is 4.07. The molecular formula is C21H29N3O3. The Kier molecular flexibility index (Phi) is 6.77. The topological polar surface area (TPSA) is 73.2 Å². The fraction of sp³-hybridized carbons (Fsp3) is 0.476. The van der Waals surface area contributed by atoms with Crippen LogP contribution in [0.4, 0.5) is 4.79 Å². The number of carbonyl (C=O) groups is 2. The number of hydrogen-bond acceptors (Lipinski definition) is 4. The largest absolute Gasteiger partial charge is 0.444 e. The molecule has 1 N–H and O–H groups in total. The number of nitrogens with one attached hydrogen (secondary N) is 1. The van der Waals surface area contributed by atoms with Crippen molar-refractivity contribution in [3.63, 3.8) is 0 Å². The normalized spacial score (nSPS) is 11.3. The molecule has 0 unspecified atom stereocenters. The van der Waals surface area contributed by atoms with Crippen LogP contribution in [0, 0.1) is 13.8 Å². The van der Waals surface area contributed by atoms with Crippen LogP contribution < -0.4 is 5.32 Å². The highest BCUT2D eigenvalue weighted by Gasteiger charge is 2.15. The number of aromatic nitrogens is 2. The summed E-state index contributed by atoms with van der Waals surface area (Å²) in [6.45, 7) is 10.0. The molecule has 146 valence electrons. The number of hydrogen-bond donors (Lipinski definition) is 1. The second kappa shape index (κ2) is 8.84. The number of aryl methyl sites for hydroxylation is 2. The minimum atomic E-state index is -0.503. The summed E-state index contributed by atoms with van der Waals surface area (Å²) in [4.78, 5) is 28.3. The minimum absolute atomic E-state index is 0.0623. The summed E-state index contributed by atoms with van der Waals surface area (Å²) in [5, 5.41) is 2.70. The SMILES string of the molecule is Cc1ccc(C)n1-c1ccc(C(=O)CCCCNC(=O)OC(C)(C)C)cn1. The highest BCUT2D eigenvalue weighted by Crippen LogP contribution is 2.15. The van der Waals surface area contributed by atoms with E-state index in [9.17, 15) is 9.59 Å². The second-order valence-corrected chi connectivity index (χ2v) is 7.67. The van der Waals surface area contributed by atoms with Crippen LogP contribution in [0.1, 0.15) is 61.8 Å². The average Bonchev–Trinajstić information content (AvgIpc) is 2.91. The Morgan fingerprint density at radius 3 is 2.30 bits per heavy atom. The maximum absolute atomic E-state index is 12.3. The lowest BCUT2D eigenvalue weighted by Gasteiger charge is -2.19. The van der Waals surface area contributed by atoms with E-state index in [-0.39, 0.29) is 5.78 Å². The molecule has 2 rings (SSSR count). The van der Waals surface area contributed by atoms with E-state index in [0.29, 0.717) is 24.9 Å². The zero-order chi connectivity index (χ0) is 20.0. The van der Waals surface area contributed by atoms with Crippen molar-refractivity contribution in [3.8, 4) is 5.82 Å². The van der Waals surface area contributed by atoms with Gasteiger partial charge in [-0.25, -0.2) is 9.78 Å². The molecule has 0 aliphatic rings. The van der Waals surface area contributed by atoms with Crippen molar-refractivity contribution >= 4 is 11.9 Å². The van der Waals surface area contributed by atoms with E-state index in [2.05, 4.69) is 14.9 Å². The smallest absolute Gasteiger partial charge is 0.407 e. The van der Waals surface area contributed by atoms with Gasteiger partial charge in [0.2, 0.25) is 0 Å². The van der Waals surface area contributed by atoms with Gasteiger partial charge in [-0.15, -0.1) is 0 Å². The van der Waals surface area contributed by atoms with Crippen molar-refractivity contribution in [1.29, 1.82) is 0 Å². The minimum Gasteiger partial charge on any atom is -0.444 e. The van der Waals surface area contributed by atoms with Crippen molar-refractivity contribution in [2.75, 3.05) is 6.54 Å². The standard InChI is InChI=1S/C21H29N3O3/c1-15-9-10-16(2)24(15)19-12-11-17(14-23-19)18(25)8-6-7-13-22-20(26)27-21(3,4)5/h9-12,14H,6-8,13H2,1-5H3,(H,22,26). The third kappa shape index (κ3) is 6.24. The van der Waals surface area contributed by atoms with E-state index in [1.54, 1.807) is 6.20 Å². The predicted molar refractivity (Wildman–Crippen MR) is 105 cm³/mol. The van der Waals surface area contributed by atoms with Gasteiger partial charge < -0.3 is 14.6 Å². The van der Waals surface area contributed by atoms with E-state index >= 15 is 0 Å². The average molecular weight is 371 g/mol. The molecule has 1 amide bonds. The Morgan fingerprint density at radius 1 is 1.07 bits per heavy atom. The summed E-state index contributed by atoms with van der Waals surface area (Å²) in [5.74, 6) is 0.875. The molecule has 0 fully saturated rings. The lowest BCUT2D eigenvalue weighted by molar-refractivity contribution is 0.0527. The second-order valence-electron chi connectivity index (χ2n) is 7.67. The van der Waals surface area contributed by atoms with E-state index < -0.39 is 11.7 Å². The molecule has 0 saturated heterocycles. The van der Waals surface area contributed by atoms with Crippen molar-refractivity contribution in [2.45, 2.75) is 59.5 Å². The van der Waals surface area contributed by atoms with Crippen LogP contribution >= 0.6 is 0 Å². The molecule has 2 aromatic rings. The van der Waals surface area contributed by atoms with Crippen molar-refractivity contribution in [1.82, 2.24) is 14.9 Å². The number of amides is 1. The van der Waals surface area contributed by atoms with Crippen LogP contribution in [0.25, 0.3) is 5.82 Å². The highest BCUT2D eigenvalue weighted by molar-refractivity contribution is 5.95. The van der Waals surface area contributed by atoms with Gasteiger partial charge in [0.1, 0.15) is 11.4 Å². The van der Waals surface area contributed by atoms with E-state index in [0.717, 1.165) is 23.6 Å². The molecule has 0 aliphatic carbocycles. The lowest BCUT2D eigenvalue weighted by atomic mass is 10.1. The zero-order valence-corrected chi connectivity index (χ0v) is 16.8. The summed E-state index contributed by atoms with van der Waals surface area (Å²) < 4.78 is 7.22. The first-order chi connectivity index (χ1) is 12.7. The number of alkyl carbamates (subject to hydrolysis) is 1. The van der Waals surface area contributed by atoms with Gasteiger partial charge in [-0.1, -0.05) is 0 Å². The van der Waals surface area contributed by atoms with Gasteiger partial charge >= 0.3 is 6.09 Å². The highest BCUT2D eigenvalue weighted by atomic mass is 16.6. The van der Waals surface area contributed by atoms with Crippen LogP contribution in [-0.4, -0.2) is 33.6 Å². The molecule has 6 nitrogen and oxygen atoms in total. The van der Waals surface area contributed by atoms with Gasteiger partial charge in [0.05, 0.1) is 0 Å². The first kappa shape index (κ1) is 20.7. The van der Waals surface area contributed by atoms with Gasteiger partial charge in [0, 0.05) is 36.1 Å². The van der Waals surface area contributed by atoms with Crippen LogP contribution in [-0.2, 0) is 4.74 Å². The molecule has 27 heavy (non-hydrogen) atoms. The number of carbonyl (C=O) groups excluding carboxylic acids is 2. The Hall–Kier alpha value is -2.63. The van der Waals surface area contributed by atoms with Crippen molar-refractivity contribution in [3.05, 3.63) is 47.4 Å². The Morgan fingerprint density at radius 2 is 1.74 bits per heavy atom. The summed E-state index contributed by atoms with van der Waals surface area (Å²) in [5.41, 5.74) is 2.33. The van der Waals surface area contributed by atoms with Crippen molar-refractivity contribution in [2.24, 2.45) is 0 Å². The fourth-order valence-corrected chi connectivity index (χ4v) is 2.77. The molecule has 0 aromatic carbocycles. The molecule has 0 spiro atoms. The van der Waals surface area contributed by atoms with Crippen LogP contribution in [0.3, 0.4) is 0 Å². The third-order valence-electron chi connectivity index (χ3n) is 4.07. The molecule has 0 aliphatic heterocycles. The van der Waals surface area contributed by atoms with Gasteiger partial charge in [-0.2, -0.15) is 0 Å². The summed E-state index contributed by atoms with van der Waals surface area (Å²) >= 11 is 0. The quantitative estimate of drug-likeness (QED) is 0.579. The van der Waals surface area contributed by atoms with Crippen LogP contribution in [0.2, 0.25) is 0 Å². The first-order valence-electron chi connectivity index (χ1n) is 9.29. The molecule has 6 heteroatoms. The molecule has 0 bridgehead atoms. The fourth-order valence-electron chi connectivity index (χ4n) is 2.77. The van der Waals surface area contributed by atoms with E-state index in [1.165, 1.54) is 0 Å². The summed E-state index contributed by atoms with van der Waals surface area (Å²) in [7, 11) is 0. The van der Waals surface area contributed by atoms with Crippen LogP contribution in [0.5, 0.6) is 0 Å². The Balaban J connectivity index is 1.77. The lowest BCUT2D eigenvalue weighted by Crippen LogP contribution is -2.33. The molecule has 0 atom stereocenters. The van der Waals surface area contributed by atoms with Gasteiger partial charge in [0.15, 0.2) is 5.78 Å². The first-order valence-corrected chi connectivity index (χ1v) is 9.29. The molecular weight excluding hydrogens is 342 g/mol. The molecule has 2 aromatic heterocycles. The van der Waals surface area contributed by atoms with Crippen molar-refractivity contribution < 1.29 is 14.3 Å². The molecule has 0 radical (unpaired) electrons.